The highest BCUT2D eigenvalue weighted by Gasteiger charge is 2.19. The lowest BCUT2D eigenvalue weighted by molar-refractivity contribution is 0.423. The molecule has 0 radical (unpaired) electrons. The fourth-order valence-corrected chi connectivity index (χ4v) is 2.12. The van der Waals surface area contributed by atoms with Gasteiger partial charge in [0.25, 0.3) is 0 Å². The van der Waals surface area contributed by atoms with Gasteiger partial charge in [-0.2, -0.15) is 0 Å². The van der Waals surface area contributed by atoms with Gasteiger partial charge in [0.1, 0.15) is 5.82 Å². The average molecular weight is 340 g/mol. The van der Waals surface area contributed by atoms with E-state index < -0.39 is 17.4 Å². The Morgan fingerprint density at radius 1 is 1.06 bits per heavy atom. The van der Waals surface area contributed by atoms with Crippen LogP contribution in [0.25, 0.3) is 0 Å². The van der Waals surface area contributed by atoms with Crippen LogP contribution in [0.2, 0.25) is 0 Å². The first-order valence-corrected chi connectivity index (χ1v) is 5.88. The third kappa shape index (κ3) is 2.37. The van der Waals surface area contributed by atoms with E-state index >= 15 is 0 Å². The summed E-state index contributed by atoms with van der Waals surface area (Å²) in [7, 11) is 0. The minimum atomic E-state index is -0.784. The van der Waals surface area contributed by atoms with Crippen molar-refractivity contribution in [2.45, 2.75) is 0 Å². The van der Waals surface area contributed by atoms with Crippen molar-refractivity contribution >= 4 is 28.6 Å². The number of anilines is 1. The first-order valence-electron chi connectivity index (χ1n) is 4.91. The maximum absolute atomic E-state index is 13.5. The Morgan fingerprint density at radius 3 is 2.31 bits per heavy atom. The molecule has 1 aromatic rings. The Bertz CT molecular complexity index is 395. The van der Waals surface area contributed by atoms with Crippen LogP contribution in [0.3, 0.4) is 0 Å². The van der Waals surface area contributed by atoms with Crippen LogP contribution in [-0.2, 0) is 0 Å². The summed E-state index contributed by atoms with van der Waals surface area (Å²) in [5.74, 6) is -2.01. The lowest BCUT2D eigenvalue weighted by atomic mass is 10.2. The third-order valence-corrected chi connectivity index (χ3v) is 3.55. The van der Waals surface area contributed by atoms with Crippen LogP contribution in [0, 0.1) is 11.6 Å². The first kappa shape index (κ1) is 11.8. The van der Waals surface area contributed by atoms with E-state index in [2.05, 4.69) is 26.0 Å². The van der Waals surface area contributed by atoms with Crippen LogP contribution in [-0.4, -0.2) is 34.4 Å². The molecule has 1 aliphatic heterocycles. The molecule has 1 saturated heterocycles. The van der Waals surface area contributed by atoms with Crippen molar-refractivity contribution in [2.75, 3.05) is 31.1 Å². The predicted molar refractivity (Wildman–Crippen MR) is 65.8 cm³/mol. The first-order chi connectivity index (χ1) is 7.58. The standard InChI is InChI=1S/C10H11F2IN2O/c11-7-6-10(16)8(12)5-9(7)14-1-3-15(13)4-2-14/h5-6,16H,1-4H2. The van der Waals surface area contributed by atoms with Gasteiger partial charge >= 0.3 is 0 Å². The maximum Gasteiger partial charge on any atom is 0.167 e. The summed E-state index contributed by atoms with van der Waals surface area (Å²) in [6, 6.07) is 1.87. The molecule has 16 heavy (non-hydrogen) atoms. The van der Waals surface area contributed by atoms with Crippen molar-refractivity contribution in [3.63, 3.8) is 0 Å². The third-order valence-electron chi connectivity index (χ3n) is 2.58. The number of hydrogen-bond acceptors (Lipinski definition) is 3. The van der Waals surface area contributed by atoms with E-state index in [0.29, 0.717) is 13.1 Å². The summed E-state index contributed by atoms with van der Waals surface area (Å²) in [4.78, 5) is 1.78. The van der Waals surface area contributed by atoms with Gasteiger partial charge in [0.2, 0.25) is 0 Å². The van der Waals surface area contributed by atoms with Gasteiger partial charge in [-0.05, 0) is 0 Å². The normalized spacial score (nSPS) is 17.8. The number of phenolic OH excluding ortho intramolecular Hbond substituents is 1. The molecule has 3 nitrogen and oxygen atoms in total. The van der Waals surface area contributed by atoms with E-state index in [1.54, 1.807) is 4.90 Å². The van der Waals surface area contributed by atoms with Crippen molar-refractivity contribution in [1.82, 2.24) is 3.11 Å². The van der Waals surface area contributed by atoms with Crippen molar-refractivity contribution in [1.29, 1.82) is 0 Å². The highest BCUT2D eigenvalue weighted by molar-refractivity contribution is 14.1. The number of benzene rings is 1. The van der Waals surface area contributed by atoms with Gasteiger partial charge in [-0.15, -0.1) is 0 Å². The summed E-state index contributed by atoms with van der Waals surface area (Å²) in [6.07, 6.45) is 0. The molecule has 0 atom stereocenters. The summed E-state index contributed by atoms with van der Waals surface area (Å²) < 4.78 is 28.8. The van der Waals surface area contributed by atoms with E-state index in [4.69, 9.17) is 5.11 Å². The second kappa shape index (κ2) is 4.70. The number of piperazine rings is 1. The van der Waals surface area contributed by atoms with Gasteiger partial charge in [0, 0.05) is 61.2 Å². The molecule has 88 valence electrons. The quantitative estimate of drug-likeness (QED) is 0.627. The molecule has 1 aromatic carbocycles. The van der Waals surface area contributed by atoms with Crippen LogP contribution in [0.4, 0.5) is 14.5 Å². The van der Waals surface area contributed by atoms with Crippen molar-refractivity contribution in [2.24, 2.45) is 0 Å². The zero-order valence-electron chi connectivity index (χ0n) is 8.46. The smallest absolute Gasteiger partial charge is 0.167 e. The molecule has 0 unspecified atom stereocenters. The monoisotopic (exact) mass is 340 g/mol. The molecule has 0 amide bonds. The molecule has 0 spiro atoms. The van der Waals surface area contributed by atoms with Crippen LogP contribution in [0.1, 0.15) is 0 Å². The number of rotatable bonds is 1. The van der Waals surface area contributed by atoms with Crippen LogP contribution >= 0.6 is 22.9 Å². The van der Waals surface area contributed by atoms with E-state index in [0.717, 1.165) is 25.2 Å². The second-order valence-electron chi connectivity index (χ2n) is 3.65. The van der Waals surface area contributed by atoms with Gasteiger partial charge in [-0.1, -0.05) is 0 Å². The molecule has 1 aliphatic rings. The molecule has 0 aliphatic carbocycles. The molecule has 0 saturated carbocycles. The summed E-state index contributed by atoms with van der Waals surface area (Å²) in [5, 5.41) is 9.02. The number of halogens is 3. The van der Waals surface area contributed by atoms with Crippen LogP contribution in [0.15, 0.2) is 12.1 Å². The number of hydrogen-bond donors (Lipinski definition) is 1. The predicted octanol–water partition coefficient (Wildman–Crippen LogP) is 2.14. The van der Waals surface area contributed by atoms with Crippen molar-refractivity contribution in [3.8, 4) is 5.75 Å². The van der Waals surface area contributed by atoms with E-state index in [1.807, 2.05) is 0 Å². The Hall–Kier alpha value is -0.630. The SMILES string of the molecule is Oc1cc(F)c(N2CCN(I)CC2)cc1F. The molecular formula is C10H11F2IN2O. The van der Waals surface area contributed by atoms with Crippen LogP contribution < -0.4 is 4.90 Å². The molecule has 6 heteroatoms. The van der Waals surface area contributed by atoms with Gasteiger partial charge in [0.15, 0.2) is 11.6 Å². The topological polar surface area (TPSA) is 26.7 Å². The Labute approximate surface area is 106 Å². The van der Waals surface area contributed by atoms with Gasteiger partial charge in [-0.3, -0.25) is 0 Å². The maximum atomic E-state index is 13.5. The lowest BCUT2D eigenvalue weighted by Gasteiger charge is -2.33. The minimum absolute atomic E-state index is 0.222. The Kier molecular flexibility index (Phi) is 3.48. The van der Waals surface area contributed by atoms with Gasteiger partial charge in [0.05, 0.1) is 5.69 Å². The summed E-state index contributed by atoms with van der Waals surface area (Å²) in [5.41, 5.74) is 0.222. The van der Waals surface area contributed by atoms with Crippen molar-refractivity contribution < 1.29 is 13.9 Å². The Balaban J connectivity index is 2.23. The molecule has 1 heterocycles. The second-order valence-corrected chi connectivity index (χ2v) is 5.02. The molecular weight excluding hydrogens is 329 g/mol. The van der Waals surface area contributed by atoms with Gasteiger partial charge in [-0.25, -0.2) is 11.9 Å². The average Bonchev–Trinajstić information content (AvgIpc) is 2.25. The molecule has 1 fully saturated rings. The fraction of sp³-hybridized carbons (Fsp3) is 0.400. The number of nitrogens with zero attached hydrogens (tertiary/aromatic N) is 2. The molecule has 0 bridgehead atoms. The number of phenols is 1. The van der Waals surface area contributed by atoms with E-state index in [1.165, 1.54) is 0 Å². The molecule has 1 N–H and O–H groups in total. The summed E-state index contributed by atoms with van der Waals surface area (Å²) in [6.45, 7) is 2.93. The molecule has 0 aromatic heterocycles. The zero-order valence-corrected chi connectivity index (χ0v) is 10.6. The van der Waals surface area contributed by atoms with Crippen molar-refractivity contribution in [3.05, 3.63) is 23.8 Å². The molecule has 2 rings (SSSR count). The fourth-order valence-electron chi connectivity index (χ4n) is 1.69. The van der Waals surface area contributed by atoms with E-state index in [-0.39, 0.29) is 5.69 Å². The highest BCUT2D eigenvalue weighted by Crippen LogP contribution is 2.27. The largest absolute Gasteiger partial charge is 0.505 e. The van der Waals surface area contributed by atoms with Crippen LogP contribution in [0.5, 0.6) is 5.75 Å². The zero-order chi connectivity index (χ0) is 11.7. The summed E-state index contributed by atoms with van der Waals surface area (Å²) >= 11 is 2.21. The minimum Gasteiger partial charge on any atom is -0.505 e. The highest BCUT2D eigenvalue weighted by atomic mass is 127. The Morgan fingerprint density at radius 2 is 1.69 bits per heavy atom. The lowest BCUT2D eigenvalue weighted by Crippen LogP contribution is -2.42. The van der Waals surface area contributed by atoms with Gasteiger partial charge < -0.3 is 10.0 Å². The van der Waals surface area contributed by atoms with E-state index in [9.17, 15) is 8.78 Å². The number of aromatic hydroxyl groups is 1.